The van der Waals surface area contributed by atoms with Crippen LogP contribution in [-0.2, 0) is 6.42 Å². The first-order valence-electron chi connectivity index (χ1n) is 9.13. The van der Waals surface area contributed by atoms with Crippen LogP contribution < -0.4 is 15.4 Å². The van der Waals surface area contributed by atoms with Gasteiger partial charge in [-0.05, 0) is 47.0 Å². The largest absolute Gasteiger partial charge is 0.497 e. The Morgan fingerprint density at radius 2 is 2.15 bits per heavy atom. The highest BCUT2D eigenvalue weighted by molar-refractivity contribution is 9.10. The number of aromatic nitrogens is 1. The third-order valence-electron chi connectivity index (χ3n) is 4.67. The third-order valence-corrected chi connectivity index (χ3v) is 6.39. The highest BCUT2D eigenvalue weighted by Gasteiger charge is 2.17. The number of methoxy groups -OCH3 is 1. The average molecular weight is 454 g/mol. The Hall–Kier alpha value is -1.80. The Kier molecular flexibility index (Phi) is 6.95. The van der Waals surface area contributed by atoms with Gasteiger partial charge in [0, 0.05) is 23.5 Å². The highest BCUT2D eigenvalue weighted by Crippen LogP contribution is 2.30. The van der Waals surface area contributed by atoms with Gasteiger partial charge in [-0.1, -0.05) is 30.6 Å². The summed E-state index contributed by atoms with van der Waals surface area (Å²) in [6.07, 6.45) is 6.63. The summed E-state index contributed by atoms with van der Waals surface area (Å²) in [6, 6.07) is 5.71. The van der Waals surface area contributed by atoms with E-state index >= 15 is 0 Å². The molecule has 8 heteroatoms. The summed E-state index contributed by atoms with van der Waals surface area (Å²) in [5.74, 6) is 0.488. The van der Waals surface area contributed by atoms with Crippen molar-refractivity contribution in [3.8, 4) is 11.6 Å². The number of anilines is 1. The van der Waals surface area contributed by atoms with Gasteiger partial charge in [-0.3, -0.25) is 4.79 Å². The number of aromatic hydroxyl groups is 1. The van der Waals surface area contributed by atoms with E-state index in [1.54, 1.807) is 25.3 Å². The molecule has 1 aliphatic carbocycles. The molecular formula is C19H24BrN3O3S. The summed E-state index contributed by atoms with van der Waals surface area (Å²) in [5.41, 5.74) is 0.516. The first kappa shape index (κ1) is 19.9. The van der Waals surface area contributed by atoms with Crippen molar-refractivity contribution in [3.63, 3.8) is 0 Å². The number of benzene rings is 1. The van der Waals surface area contributed by atoms with Crippen LogP contribution in [0.3, 0.4) is 0 Å². The Bertz CT molecular complexity index is 791. The van der Waals surface area contributed by atoms with Gasteiger partial charge in [0.1, 0.15) is 5.75 Å². The number of rotatable bonds is 7. The maximum absolute atomic E-state index is 12.4. The van der Waals surface area contributed by atoms with Crippen LogP contribution in [0.15, 0.2) is 22.7 Å². The van der Waals surface area contributed by atoms with Gasteiger partial charge in [0.05, 0.1) is 17.6 Å². The van der Waals surface area contributed by atoms with E-state index in [1.807, 2.05) is 0 Å². The molecule has 2 aromatic rings. The van der Waals surface area contributed by atoms with E-state index in [0.717, 1.165) is 22.9 Å². The second kappa shape index (κ2) is 9.41. The normalized spacial score (nSPS) is 14.7. The lowest BCUT2D eigenvalue weighted by atomic mass is 9.96. The first-order chi connectivity index (χ1) is 13.1. The molecule has 1 heterocycles. The Morgan fingerprint density at radius 3 is 2.89 bits per heavy atom. The number of halogens is 1. The monoisotopic (exact) mass is 453 g/mol. The summed E-state index contributed by atoms with van der Waals surface area (Å²) in [5, 5.41) is 17.1. The second-order valence-electron chi connectivity index (χ2n) is 6.60. The molecule has 0 unspecified atom stereocenters. The van der Waals surface area contributed by atoms with Gasteiger partial charge in [-0.2, -0.15) is 4.98 Å². The molecule has 146 valence electrons. The maximum Gasteiger partial charge on any atom is 0.252 e. The number of thiazole rings is 1. The molecule has 0 atom stereocenters. The fraction of sp³-hybridized carbons (Fsp3) is 0.474. The fourth-order valence-electron chi connectivity index (χ4n) is 3.18. The zero-order valence-corrected chi connectivity index (χ0v) is 17.7. The zero-order valence-electron chi connectivity index (χ0n) is 15.3. The molecular weight excluding hydrogens is 430 g/mol. The average Bonchev–Trinajstić information content (AvgIpc) is 3.02. The summed E-state index contributed by atoms with van der Waals surface area (Å²) in [6.45, 7) is 0.418. The predicted molar refractivity (Wildman–Crippen MR) is 111 cm³/mol. The molecule has 0 bridgehead atoms. The molecule has 1 fully saturated rings. The van der Waals surface area contributed by atoms with E-state index in [2.05, 4.69) is 31.5 Å². The molecule has 1 aromatic carbocycles. The number of carbonyl (C=O) groups excluding carboxylic acids is 1. The minimum atomic E-state index is -0.190. The van der Waals surface area contributed by atoms with Crippen LogP contribution >= 0.6 is 27.3 Å². The van der Waals surface area contributed by atoms with Crippen molar-refractivity contribution >= 4 is 38.3 Å². The van der Waals surface area contributed by atoms with Crippen LogP contribution in [0.2, 0.25) is 0 Å². The lowest BCUT2D eigenvalue weighted by Gasteiger charge is -2.22. The topological polar surface area (TPSA) is 83.5 Å². The van der Waals surface area contributed by atoms with Gasteiger partial charge in [-0.15, -0.1) is 0 Å². The van der Waals surface area contributed by atoms with Gasteiger partial charge in [0.15, 0.2) is 5.13 Å². The molecule has 1 aromatic heterocycles. The van der Waals surface area contributed by atoms with Crippen molar-refractivity contribution in [2.45, 2.75) is 44.6 Å². The fourth-order valence-corrected chi connectivity index (χ4v) is 4.54. The van der Waals surface area contributed by atoms with E-state index in [-0.39, 0.29) is 11.8 Å². The number of amides is 1. The lowest BCUT2D eigenvalue weighted by molar-refractivity contribution is 0.0953. The zero-order chi connectivity index (χ0) is 19.2. The van der Waals surface area contributed by atoms with Crippen LogP contribution in [0.1, 0.15) is 47.3 Å². The molecule has 3 rings (SSSR count). The predicted octanol–water partition coefficient (Wildman–Crippen LogP) is 4.34. The summed E-state index contributed by atoms with van der Waals surface area (Å²) in [4.78, 5) is 17.4. The van der Waals surface area contributed by atoms with E-state index < -0.39 is 0 Å². The van der Waals surface area contributed by atoms with Crippen LogP contribution in [0.4, 0.5) is 5.13 Å². The molecule has 3 N–H and O–H groups in total. The number of hydrogen-bond donors (Lipinski definition) is 3. The van der Waals surface area contributed by atoms with Crippen LogP contribution in [0.25, 0.3) is 0 Å². The van der Waals surface area contributed by atoms with Crippen LogP contribution in [0, 0.1) is 0 Å². The minimum Gasteiger partial charge on any atom is -0.497 e. The number of carbonyl (C=O) groups is 1. The van der Waals surface area contributed by atoms with Gasteiger partial charge < -0.3 is 20.5 Å². The number of ether oxygens (including phenoxy) is 1. The number of nitrogens with zero attached hydrogens (tertiary/aromatic N) is 1. The number of hydrogen-bond acceptors (Lipinski definition) is 6. The smallest absolute Gasteiger partial charge is 0.252 e. The van der Waals surface area contributed by atoms with Crippen molar-refractivity contribution in [2.75, 3.05) is 19.0 Å². The Morgan fingerprint density at radius 1 is 1.37 bits per heavy atom. The molecule has 1 saturated carbocycles. The van der Waals surface area contributed by atoms with Crippen molar-refractivity contribution in [1.29, 1.82) is 0 Å². The van der Waals surface area contributed by atoms with Gasteiger partial charge in [-0.25, -0.2) is 0 Å². The van der Waals surface area contributed by atoms with Gasteiger partial charge in [0.25, 0.3) is 5.91 Å². The second-order valence-corrected chi connectivity index (χ2v) is 8.53. The van der Waals surface area contributed by atoms with Crippen LogP contribution in [0.5, 0.6) is 11.6 Å². The van der Waals surface area contributed by atoms with Crippen LogP contribution in [-0.4, -0.2) is 35.7 Å². The highest BCUT2D eigenvalue weighted by atomic mass is 79.9. The van der Waals surface area contributed by atoms with E-state index in [1.165, 1.54) is 30.6 Å². The van der Waals surface area contributed by atoms with E-state index in [4.69, 9.17) is 4.74 Å². The first-order valence-corrected chi connectivity index (χ1v) is 10.7. The SMILES string of the molecule is COc1ccc(Br)c(C(=O)NCCc2sc(NC3CCCCC3)nc2O)c1. The van der Waals surface area contributed by atoms with Crippen molar-refractivity contribution in [1.82, 2.24) is 10.3 Å². The van der Waals surface area contributed by atoms with E-state index in [0.29, 0.717) is 34.8 Å². The molecule has 1 aliphatic rings. The summed E-state index contributed by atoms with van der Waals surface area (Å²) >= 11 is 4.84. The molecule has 27 heavy (non-hydrogen) atoms. The standard InChI is InChI=1S/C19H24BrN3O3S/c1-26-13-7-8-15(20)14(11-13)17(24)21-10-9-16-18(25)23-19(27-16)22-12-5-3-2-4-6-12/h7-8,11-12,25H,2-6,9-10H2,1H3,(H,21,24)(H,22,23). The molecule has 1 amide bonds. The Balaban J connectivity index is 1.53. The molecule has 0 radical (unpaired) electrons. The summed E-state index contributed by atoms with van der Waals surface area (Å²) < 4.78 is 5.88. The van der Waals surface area contributed by atoms with Crippen molar-refractivity contribution < 1.29 is 14.6 Å². The minimum absolute atomic E-state index is 0.0510. The number of nitrogens with one attached hydrogen (secondary N) is 2. The third kappa shape index (κ3) is 5.35. The van der Waals surface area contributed by atoms with Gasteiger partial charge in [0.2, 0.25) is 5.88 Å². The molecule has 6 nitrogen and oxygen atoms in total. The lowest BCUT2D eigenvalue weighted by Crippen LogP contribution is -2.25. The van der Waals surface area contributed by atoms with Gasteiger partial charge >= 0.3 is 0 Å². The maximum atomic E-state index is 12.4. The molecule has 0 aliphatic heterocycles. The molecule has 0 saturated heterocycles. The molecule has 0 spiro atoms. The van der Waals surface area contributed by atoms with E-state index in [9.17, 15) is 9.90 Å². The van der Waals surface area contributed by atoms with Crippen molar-refractivity contribution in [2.24, 2.45) is 0 Å². The summed E-state index contributed by atoms with van der Waals surface area (Å²) in [7, 11) is 1.57. The Labute approximate surface area is 171 Å². The van der Waals surface area contributed by atoms with Crippen molar-refractivity contribution in [3.05, 3.63) is 33.1 Å². The quantitative estimate of drug-likeness (QED) is 0.580.